The second-order valence-corrected chi connectivity index (χ2v) is 10.6. The zero-order valence-corrected chi connectivity index (χ0v) is 24.2. The summed E-state index contributed by atoms with van der Waals surface area (Å²) in [6, 6.07) is 13.9. The van der Waals surface area contributed by atoms with Crippen molar-refractivity contribution in [3.63, 3.8) is 0 Å². The fraction of sp³-hybridized carbons (Fsp3) is 0.552. The molecule has 39 heavy (non-hydrogen) atoms. The third kappa shape index (κ3) is 7.99. The number of carbonyl (C=O) groups is 1. The van der Waals surface area contributed by atoms with Crippen LogP contribution in [0.5, 0.6) is 11.5 Å². The Balaban J connectivity index is 0.00000210. The highest BCUT2D eigenvalue weighted by atomic mass is 35.5. The molecule has 0 saturated carbocycles. The number of amides is 1. The quantitative estimate of drug-likeness (QED) is 0.495. The Kier molecular flexibility index (Phi) is 11.7. The summed E-state index contributed by atoms with van der Waals surface area (Å²) in [5.41, 5.74) is 3.21. The van der Waals surface area contributed by atoms with Crippen LogP contribution in [0.25, 0.3) is 0 Å². The number of β-amino-alcohol motifs (C(OH)–C–C–N with tert-alkyl or cyclic N) is 2. The zero-order chi connectivity index (χ0) is 25.8. The predicted octanol–water partition coefficient (Wildman–Crippen LogP) is 3.01. The number of piperidine rings is 1. The molecule has 2 aromatic carbocycles. The standard InChI is InChI=1S/C29H39N3O5.2ClH/c1-21-17-32(20-24(34)19-31-11-8-22-4-2-3-5-23(22)18-31)29(35)27-7-6-26(16-28(27)36-21)37-25-9-12-30(13-10-25)14-15-33;;/h2-7,16,21,24-25,33-34H,8-15,17-20H2,1H3;2*1H/t21-,24-;;/m1../s1. The van der Waals surface area contributed by atoms with E-state index in [-0.39, 0.29) is 56.1 Å². The number of hydrogen-bond donors (Lipinski definition) is 2. The van der Waals surface area contributed by atoms with Crippen molar-refractivity contribution in [2.24, 2.45) is 0 Å². The lowest BCUT2D eigenvalue weighted by Gasteiger charge is -2.32. The predicted molar refractivity (Wildman–Crippen MR) is 156 cm³/mol. The lowest BCUT2D eigenvalue weighted by Crippen LogP contribution is -2.45. The number of nitrogens with zero attached hydrogens (tertiary/aromatic N) is 3. The molecule has 3 aliphatic rings. The monoisotopic (exact) mass is 581 g/mol. The van der Waals surface area contributed by atoms with Gasteiger partial charge in [-0.3, -0.25) is 9.69 Å². The van der Waals surface area contributed by atoms with E-state index in [9.17, 15) is 9.90 Å². The smallest absolute Gasteiger partial charge is 0.257 e. The van der Waals surface area contributed by atoms with Gasteiger partial charge in [0.25, 0.3) is 5.91 Å². The molecule has 0 radical (unpaired) electrons. The van der Waals surface area contributed by atoms with Crippen LogP contribution in [0.2, 0.25) is 0 Å². The molecule has 2 N–H and O–H groups in total. The first-order valence-electron chi connectivity index (χ1n) is 13.6. The van der Waals surface area contributed by atoms with Crippen molar-refractivity contribution >= 4 is 30.7 Å². The number of fused-ring (bicyclic) bond motifs is 2. The molecule has 2 aromatic rings. The van der Waals surface area contributed by atoms with E-state index in [0.29, 0.717) is 36.7 Å². The highest BCUT2D eigenvalue weighted by molar-refractivity contribution is 5.97. The van der Waals surface area contributed by atoms with Crippen LogP contribution >= 0.6 is 24.8 Å². The number of benzene rings is 2. The maximum absolute atomic E-state index is 13.4. The average molecular weight is 583 g/mol. The van der Waals surface area contributed by atoms with E-state index in [0.717, 1.165) is 45.4 Å². The molecule has 0 aliphatic carbocycles. The maximum atomic E-state index is 13.4. The van der Waals surface area contributed by atoms with Crippen LogP contribution in [-0.4, -0.2) is 102 Å². The molecule has 0 unspecified atom stereocenters. The third-order valence-electron chi connectivity index (χ3n) is 7.64. The largest absolute Gasteiger partial charge is 0.490 e. The summed E-state index contributed by atoms with van der Waals surface area (Å²) in [5, 5.41) is 20.0. The summed E-state index contributed by atoms with van der Waals surface area (Å²) in [7, 11) is 0. The topological polar surface area (TPSA) is 85.7 Å². The molecule has 3 heterocycles. The van der Waals surface area contributed by atoms with Gasteiger partial charge >= 0.3 is 0 Å². The van der Waals surface area contributed by atoms with Gasteiger partial charge in [0, 0.05) is 51.9 Å². The van der Waals surface area contributed by atoms with Gasteiger partial charge in [0.05, 0.1) is 24.8 Å². The Hall–Kier alpha value is -2.07. The van der Waals surface area contributed by atoms with Crippen LogP contribution in [0.15, 0.2) is 42.5 Å². The van der Waals surface area contributed by atoms with E-state index in [4.69, 9.17) is 14.6 Å². The van der Waals surface area contributed by atoms with E-state index in [1.165, 1.54) is 11.1 Å². The molecular formula is C29H41Cl2N3O5. The van der Waals surface area contributed by atoms with Gasteiger partial charge in [-0.05, 0) is 49.4 Å². The van der Waals surface area contributed by atoms with Gasteiger partial charge in [-0.25, -0.2) is 0 Å². The van der Waals surface area contributed by atoms with E-state index in [1.807, 2.05) is 19.1 Å². The fourth-order valence-corrected chi connectivity index (χ4v) is 5.73. The Morgan fingerprint density at radius 1 is 1.03 bits per heavy atom. The summed E-state index contributed by atoms with van der Waals surface area (Å²) in [5.74, 6) is 1.13. The molecule has 5 rings (SSSR count). The summed E-state index contributed by atoms with van der Waals surface area (Å²) < 4.78 is 12.4. The van der Waals surface area contributed by atoms with Crippen LogP contribution in [0.4, 0.5) is 0 Å². The molecule has 1 fully saturated rings. The molecular weight excluding hydrogens is 541 g/mol. The number of aliphatic hydroxyl groups is 2. The minimum Gasteiger partial charge on any atom is -0.490 e. The van der Waals surface area contributed by atoms with Crippen molar-refractivity contribution in [1.82, 2.24) is 14.7 Å². The number of likely N-dealkylation sites (tertiary alicyclic amines) is 1. The van der Waals surface area contributed by atoms with Crippen molar-refractivity contribution in [1.29, 1.82) is 0 Å². The molecule has 0 aromatic heterocycles. The molecule has 10 heteroatoms. The summed E-state index contributed by atoms with van der Waals surface area (Å²) in [4.78, 5) is 19.7. The van der Waals surface area contributed by atoms with Crippen molar-refractivity contribution < 1.29 is 24.5 Å². The van der Waals surface area contributed by atoms with Crippen molar-refractivity contribution in [2.45, 2.75) is 51.0 Å². The van der Waals surface area contributed by atoms with Crippen LogP contribution in [0.3, 0.4) is 0 Å². The van der Waals surface area contributed by atoms with Crippen LogP contribution in [-0.2, 0) is 13.0 Å². The molecule has 8 nitrogen and oxygen atoms in total. The van der Waals surface area contributed by atoms with E-state index >= 15 is 0 Å². The Labute approximate surface area is 243 Å². The van der Waals surface area contributed by atoms with Gasteiger partial charge in [0.1, 0.15) is 23.7 Å². The molecule has 0 spiro atoms. The fourth-order valence-electron chi connectivity index (χ4n) is 5.73. The number of carbonyl (C=O) groups excluding carboxylic acids is 1. The van der Waals surface area contributed by atoms with Gasteiger partial charge in [0.2, 0.25) is 0 Å². The maximum Gasteiger partial charge on any atom is 0.257 e. The summed E-state index contributed by atoms with van der Waals surface area (Å²) in [6.45, 7) is 7.62. The van der Waals surface area contributed by atoms with Gasteiger partial charge in [-0.15, -0.1) is 24.8 Å². The molecule has 1 amide bonds. The second kappa shape index (κ2) is 14.5. The minimum absolute atomic E-state index is 0. The number of ether oxygens (including phenoxy) is 2. The molecule has 1 saturated heterocycles. The third-order valence-corrected chi connectivity index (χ3v) is 7.64. The van der Waals surface area contributed by atoms with Crippen molar-refractivity contribution in [3.8, 4) is 11.5 Å². The van der Waals surface area contributed by atoms with Crippen LogP contribution < -0.4 is 9.47 Å². The van der Waals surface area contributed by atoms with E-state index < -0.39 is 6.10 Å². The molecule has 0 bridgehead atoms. The van der Waals surface area contributed by atoms with Gasteiger partial charge < -0.3 is 29.5 Å². The zero-order valence-electron chi connectivity index (χ0n) is 22.5. The second-order valence-electron chi connectivity index (χ2n) is 10.6. The Bertz CT molecular complexity index is 1080. The van der Waals surface area contributed by atoms with Crippen LogP contribution in [0, 0.1) is 0 Å². The Morgan fingerprint density at radius 3 is 2.51 bits per heavy atom. The highest BCUT2D eigenvalue weighted by Gasteiger charge is 2.30. The number of aliphatic hydroxyl groups excluding tert-OH is 2. The summed E-state index contributed by atoms with van der Waals surface area (Å²) >= 11 is 0. The lowest BCUT2D eigenvalue weighted by molar-refractivity contribution is 0.0454. The summed E-state index contributed by atoms with van der Waals surface area (Å²) in [6.07, 6.45) is 2.07. The first kappa shape index (κ1) is 31.5. The normalized spacial score (nSPS) is 20.9. The average Bonchev–Trinajstić information content (AvgIpc) is 3.00. The van der Waals surface area contributed by atoms with Gasteiger partial charge in [-0.2, -0.15) is 0 Å². The van der Waals surface area contributed by atoms with Crippen LogP contribution in [0.1, 0.15) is 41.3 Å². The van der Waals surface area contributed by atoms with E-state index in [2.05, 4.69) is 34.1 Å². The SMILES string of the molecule is C[C@@H]1CN(C[C@H](O)CN2CCc3ccccc3C2)C(=O)c2ccc(OC3CCN(CCO)CC3)cc2O1.Cl.Cl. The van der Waals surface area contributed by atoms with Gasteiger partial charge in [-0.1, -0.05) is 24.3 Å². The number of halogens is 2. The van der Waals surface area contributed by atoms with Crippen molar-refractivity contribution in [3.05, 3.63) is 59.2 Å². The number of hydrogen-bond acceptors (Lipinski definition) is 7. The number of rotatable bonds is 8. The van der Waals surface area contributed by atoms with Crippen molar-refractivity contribution in [2.75, 3.05) is 52.4 Å². The minimum atomic E-state index is -0.637. The first-order chi connectivity index (χ1) is 18.0. The molecule has 216 valence electrons. The Morgan fingerprint density at radius 2 is 1.77 bits per heavy atom. The van der Waals surface area contributed by atoms with E-state index in [1.54, 1.807) is 11.0 Å². The molecule has 2 atom stereocenters. The lowest BCUT2D eigenvalue weighted by atomic mass is 10.00. The highest BCUT2D eigenvalue weighted by Crippen LogP contribution is 2.31. The molecule has 3 aliphatic heterocycles. The van der Waals surface area contributed by atoms with Gasteiger partial charge in [0.15, 0.2) is 0 Å². The first-order valence-corrected chi connectivity index (χ1v) is 13.6.